The first-order valence-corrected chi connectivity index (χ1v) is 8.10. The quantitative estimate of drug-likeness (QED) is 0.463. The third-order valence-corrected chi connectivity index (χ3v) is 5.06. The molecule has 2 aromatic heterocycles. The summed E-state index contributed by atoms with van der Waals surface area (Å²) in [5.41, 5.74) is 1.11. The first-order valence-electron chi connectivity index (χ1n) is 6.40. The van der Waals surface area contributed by atoms with Crippen molar-refractivity contribution in [3.63, 3.8) is 0 Å². The zero-order chi connectivity index (χ0) is 13.4. The zero-order valence-electron chi connectivity index (χ0n) is 10.6. The second-order valence-corrected chi connectivity index (χ2v) is 6.58. The molecule has 20 heavy (non-hydrogen) atoms. The van der Waals surface area contributed by atoms with Crippen molar-refractivity contribution in [3.05, 3.63) is 63.8 Å². The van der Waals surface area contributed by atoms with Gasteiger partial charge >= 0.3 is 0 Å². The molecule has 0 N–H and O–H groups in total. The number of aromatic nitrogens is 1. The number of hydrogen-bond donors (Lipinski definition) is 0. The number of fused-ring (bicyclic) bond motifs is 3. The molecule has 0 unspecified atom stereocenters. The average molecular weight is 293 g/mol. The summed E-state index contributed by atoms with van der Waals surface area (Å²) in [6, 6.07) is 16.9. The van der Waals surface area contributed by atoms with Gasteiger partial charge in [-0.05, 0) is 35.1 Å². The molecule has 0 bridgehead atoms. The summed E-state index contributed by atoms with van der Waals surface area (Å²) < 4.78 is 1.24. The van der Waals surface area contributed by atoms with Crippen molar-refractivity contribution in [2.45, 2.75) is 0 Å². The number of rotatable bonds is 2. The van der Waals surface area contributed by atoms with E-state index in [1.807, 2.05) is 0 Å². The van der Waals surface area contributed by atoms with Crippen molar-refractivity contribution in [1.29, 1.82) is 0 Å². The molecular weight excluding hydrogens is 282 g/mol. The summed E-state index contributed by atoms with van der Waals surface area (Å²) in [5, 5.41) is 5.63. The Kier molecular flexibility index (Phi) is 2.87. The first kappa shape index (κ1) is 11.8. The Bertz CT molecular complexity index is 901. The Morgan fingerprint density at radius 3 is 2.75 bits per heavy atom. The van der Waals surface area contributed by atoms with Crippen LogP contribution in [0.15, 0.2) is 53.9 Å². The number of nitrogens with zero attached hydrogens (tertiary/aromatic N) is 1. The van der Waals surface area contributed by atoms with Crippen LogP contribution in [-0.4, -0.2) is 4.98 Å². The lowest BCUT2D eigenvalue weighted by Gasteiger charge is -1.96. The topological polar surface area (TPSA) is 12.9 Å². The maximum Gasteiger partial charge on any atom is 0.117 e. The van der Waals surface area contributed by atoms with Gasteiger partial charge in [0, 0.05) is 10.3 Å². The fourth-order valence-corrected chi connectivity index (χ4v) is 3.79. The summed E-state index contributed by atoms with van der Waals surface area (Å²) in [5.74, 6) is 0. The zero-order valence-corrected chi connectivity index (χ0v) is 12.2. The molecule has 0 spiro atoms. The van der Waals surface area contributed by atoms with Gasteiger partial charge in [-0.3, -0.25) is 0 Å². The van der Waals surface area contributed by atoms with Gasteiger partial charge < -0.3 is 0 Å². The lowest BCUT2D eigenvalue weighted by atomic mass is 10.1. The van der Waals surface area contributed by atoms with Crippen LogP contribution in [0, 0.1) is 0 Å². The highest BCUT2D eigenvalue weighted by molar-refractivity contribution is 7.19. The molecule has 1 nitrogen and oxygen atoms in total. The predicted octanol–water partition coefficient (Wildman–Crippen LogP) is 5.68. The van der Waals surface area contributed by atoms with E-state index in [4.69, 9.17) is 4.98 Å². The molecular formula is C17H11NS2. The van der Waals surface area contributed by atoms with Crippen LogP contribution in [0.3, 0.4) is 0 Å². The first-order chi connectivity index (χ1) is 9.90. The Morgan fingerprint density at radius 1 is 0.900 bits per heavy atom. The molecule has 3 heteroatoms. The van der Waals surface area contributed by atoms with Crippen LogP contribution in [0.4, 0.5) is 0 Å². The van der Waals surface area contributed by atoms with Crippen LogP contribution < -0.4 is 0 Å². The van der Waals surface area contributed by atoms with Gasteiger partial charge in [0.15, 0.2) is 0 Å². The van der Waals surface area contributed by atoms with E-state index in [9.17, 15) is 0 Å². The molecule has 0 aliphatic rings. The van der Waals surface area contributed by atoms with Gasteiger partial charge in [-0.1, -0.05) is 36.4 Å². The monoisotopic (exact) mass is 293 g/mol. The van der Waals surface area contributed by atoms with Crippen LogP contribution in [0.25, 0.3) is 33.1 Å². The highest BCUT2D eigenvalue weighted by Gasteiger charge is 2.05. The highest BCUT2D eigenvalue weighted by Crippen LogP contribution is 2.30. The lowest BCUT2D eigenvalue weighted by Crippen LogP contribution is -1.74. The van der Waals surface area contributed by atoms with E-state index in [1.54, 1.807) is 22.7 Å². The minimum atomic E-state index is 1.06. The maximum absolute atomic E-state index is 4.78. The van der Waals surface area contributed by atoms with Gasteiger partial charge in [0.2, 0.25) is 0 Å². The van der Waals surface area contributed by atoms with Crippen LogP contribution in [0.1, 0.15) is 9.88 Å². The predicted molar refractivity (Wildman–Crippen MR) is 90.4 cm³/mol. The van der Waals surface area contributed by atoms with E-state index in [-0.39, 0.29) is 0 Å². The van der Waals surface area contributed by atoms with Gasteiger partial charge in [0.1, 0.15) is 5.01 Å². The standard InChI is InChI=1S/C17H11NS2/c1-2-6-14-12(4-1)7-9-15-17(14)18-16(20-15)10-8-13-5-3-11-19-13/h1-11H/b10-8+. The van der Waals surface area contributed by atoms with Gasteiger partial charge in [0.05, 0.1) is 10.2 Å². The van der Waals surface area contributed by atoms with Crippen molar-refractivity contribution in [1.82, 2.24) is 4.98 Å². The molecule has 96 valence electrons. The smallest absolute Gasteiger partial charge is 0.117 e. The number of thiazole rings is 1. The molecule has 0 aliphatic carbocycles. The molecule has 0 saturated carbocycles. The summed E-state index contributed by atoms with van der Waals surface area (Å²) in [6.07, 6.45) is 4.23. The lowest BCUT2D eigenvalue weighted by molar-refractivity contribution is 1.48. The van der Waals surface area contributed by atoms with E-state index in [0.29, 0.717) is 0 Å². The van der Waals surface area contributed by atoms with E-state index in [2.05, 4.69) is 66.1 Å². The molecule has 0 saturated heterocycles. The van der Waals surface area contributed by atoms with Crippen LogP contribution in [-0.2, 0) is 0 Å². The number of hydrogen-bond acceptors (Lipinski definition) is 3. The van der Waals surface area contributed by atoms with Crippen molar-refractivity contribution in [2.75, 3.05) is 0 Å². The minimum absolute atomic E-state index is 1.06. The molecule has 0 fully saturated rings. The third-order valence-electron chi connectivity index (χ3n) is 3.23. The normalized spacial score (nSPS) is 11.8. The van der Waals surface area contributed by atoms with E-state index in [1.165, 1.54) is 20.3 Å². The minimum Gasteiger partial charge on any atom is -0.236 e. The summed E-state index contributed by atoms with van der Waals surface area (Å²) >= 11 is 3.48. The molecule has 0 radical (unpaired) electrons. The van der Waals surface area contributed by atoms with Crippen molar-refractivity contribution < 1.29 is 0 Å². The molecule has 0 amide bonds. The number of benzene rings is 2. The molecule has 0 aliphatic heterocycles. The van der Waals surface area contributed by atoms with Crippen LogP contribution in [0.5, 0.6) is 0 Å². The Labute approximate surface area is 124 Å². The number of thiophene rings is 1. The van der Waals surface area contributed by atoms with Gasteiger partial charge in [-0.25, -0.2) is 4.98 Å². The Balaban J connectivity index is 1.84. The van der Waals surface area contributed by atoms with E-state index < -0.39 is 0 Å². The van der Waals surface area contributed by atoms with Crippen LogP contribution in [0.2, 0.25) is 0 Å². The maximum atomic E-state index is 4.78. The van der Waals surface area contributed by atoms with Crippen molar-refractivity contribution >= 4 is 55.8 Å². The fourth-order valence-electron chi connectivity index (χ4n) is 2.29. The highest BCUT2D eigenvalue weighted by atomic mass is 32.1. The van der Waals surface area contributed by atoms with Crippen molar-refractivity contribution in [3.8, 4) is 0 Å². The summed E-state index contributed by atoms with van der Waals surface area (Å²) in [7, 11) is 0. The van der Waals surface area contributed by atoms with E-state index >= 15 is 0 Å². The fraction of sp³-hybridized carbons (Fsp3) is 0. The third kappa shape index (κ3) is 2.05. The van der Waals surface area contributed by atoms with E-state index in [0.717, 1.165) is 10.5 Å². The Morgan fingerprint density at radius 2 is 1.85 bits per heavy atom. The Hall–Kier alpha value is -1.97. The molecule has 4 rings (SSSR count). The average Bonchev–Trinajstić information content (AvgIpc) is 3.14. The van der Waals surface area contributed by atoms with Crippen LogP contribution >= 0.6 is 22.7 Å². The summed E-state index contributed by atoms with van der Waals surface area (Å²) in [4.78, 5) is 6.04. The molecule has 0 atom stereocenters. The molecule has 2 heterocycles. The molecule has 4 aromatic rings. The molecule has 2 aromatic carbocycles. The second-order valence-electron chi connectivity index (χ2n) is 4.53. The van der Waals surface area contributed by atoms with Gasteiger partial charge in [-0.15, -0.1) is 22.7 Å². The van der Waals surface area contributed by atoms with Gasteiger partial charge in [-0.2, -0.15) is 0 Å². The largest absolute Gasteiger partial charge is 0.236 e. The van der Waals surface area contributed by atoms with Crippen molar-refractivity contribution in [2.24, 2.45) is 0 Å². The second kappa shape index (κ2) is 4.85. The summed E-state index contributed by atoms with van der Waals surface area (Å²) in [6.45, 7) is 0. The SMILES string of the molecule is C(=C\c1nc2c(ccc3ccccc32)s1)/c1cccs1. The van der Waals surface area contributed by atoms with Gasteiger partial charge in [0.25, 0.3) is 0 Å².